The highest BCUT2D eigenvalue weighted by Gasteiger charge is 2.24. The first-order valence-corrected chi connectivity index (χ1v) is 11.6. The van der Waals surface area contributed by atoms with E-state index in [0.29, 0.717) is 19.7 Å². The maximum Gasteiger partial charge on any atom is 0.211 e. The lowest BCUT2D eigenvalue weighted by Gasteiger charge is -2.28. The fourth-order valence-electron chi connectivity index (χ4n) is 2.97. The molecule has 7 heteroatoms. The lowest BCUT2D eigenvalue weighted by atomic mass is 10.1. The zero-order valence-electron chi connectivity index (χ0n) is 17.8. The highest BCUT2D eigenvalue weighted by Crippen LogP contribution is 2.24. The number of ether oxygens (including phenoxy) is 1. The number of nitrogens with zero attached hydrogens (tertiary/aromatic N) is 3. The molecule has 0 fully saturated rings. The van der Waals surface area contributed by atoms with Gasteiger partial charge in [0, 0.05) is 25.7 Å². The largest absolute Gasteiger partial charge is 0.494 e. The molecule has 1 rings (SSSR count). The fraction of sp³-hybridized carbons (Fsp3) is 0.700. The van der Waals surface area contributed by atoms with Crippen LogP contribution in [0.15, 0.2) is 24.3 Å². The molecule has 1 unspecified atom stereocenters. The summed E-state index contributed by atoms with van der Waals surface area (Å²) >= 11 is 0. The molecule has 1 atom stereocenters. The van der Waals surface area contributed by atoms with Gasteiger partial charge in [0.15, 0.2) is 0 Å². The van der Waals surface area contributed by atoms with Crippen molar-refractivity contribution in [3.63, 3.8) is 0 Å². The maximum atomic E-state index is 12.2. The summed E-state index contributed by atoms with van der Waals surface area (Å²) in [5, 5.41) is 0. The third-order valence-electron chi connectivity index (χ3n) is 4.77. The lowest BCUT2D eigenvalue weighted by molar-refractivity contribution is 0.249. The van der Waals surface area contributed by atoms with E-state index in [0.717, 1.165) is 37.4 Å². The van der Waals surface area contributed by atoms with E-state index in [1.54, 1.807) is 4.31 Å². The van der Waals surface area contributed by atoms with E-state index in [2.05, 4.69) is 18.7 Å². The first kappa shape index (κ1) is 23.9. The second-order valence-corrected chi connectivity index (χ2v) is 9.09. The molecule has 0 bridgehead atoms. The molecule has 1 aromatic carbocycles. The molecule has 0 saturated heterocycles. The molecule has 0 aliphatic rings. The predicted octanol–water partition coefficient (Wildman–Crippen LogP) is 2.68. The van der Waals surface area contributed by atoms with Crippen molar-refractivity contribution in [3.8, 4) is 5.75 Å². The average molecular weight is 400 g/mol. The second-order valence-electron chi connectivity index (χ2n) is 7.15. The summed E-state index contributed by atoms with van der Waals surface area (Å²) in [6, 6.07) is 7.55. The molecule has 6 nitrogen and oxygen atoms in total. The normalized spacial score (nSPS) is 13.5. The van der Waals surface area contributed by atoms with E-state index in [1.165, 1.54) is 6.26 Å². The van der Waals surface area contributed by atoms with Gasteiger partial charge in [-0.2, -0.15) is 4.31 Å². The molecule has 0 N–H and O–H groups in total. The van der Waals surface area contributed by atoms with Crippen molar-refractivity contribution in [1.82, 2.24) is 14.1 Å². The van der Waals surface area contributed by atoms with E-state index in [4.69, 9.17) is 4.74 Å². The summed E-state index contributed by atoms with van der Waals surface area (Å²) in [4.78, 5) is 4.36. The zero-order chi connectivity index (χ0) is 20.4. The smallest absolute Gasteiger partial charge is 0.211 e. The number of benzene rings is 1. The Labute approximate surface area is 166 Å². The van der Waals surface area contributed by atoms with Crippen molar-refractivity contribution in [2.75, 3.05) is 59.7 Å². The van der Waals surface area contributed by atoms with Gasteiger partial charge in [-0.15, -0.1) is 0 Å². The van der Waals surface area contributed by atoms with E-state index in [1.807, 2.05) is 50.2 Å². The molecule has 0 aromatic heterocycles. The van der Waals surface area contributed by atoms with Gasteiger partial charge in [0.05, 0.1) is 12.9 Å². The molecule has 0 spiro atoms. The molecular formula is C20H37N3O3S. The number of hydrogen-bond acceptors (Lipinski definition) is 5. The minimum Gasteiger partial charge on any atom is -0.494 e. The summed E-state index contributed by atoms with van der Waals surface area (Å²) in [5.41, 5.74) is 0.967. The average Bonchev–Trinajstić information content (AvgIpc) is 2.61. The van der Waals surface area contributed by atoms with Crippen LogP contribution in [-0.2, 0) is 10.0 Å². The van der Waals surface area contributed by atoms with Gasteiger partial charge in [-0.3, -0.25) is 0 Å². The SMILES string of the molecule is CCN(CC)CCCOc1ccc(C(C)N(CCN(C)C)S(C)(=O)=O)cc1. The molecule has 1 aromatic rings. The summed E-state index contributed by atoms with van der Waals surface area (Å²) in [6.07, 6.45) is 2.26. The van der Waals surface area contributed by atoms with Gasteiger partial charge in [-0.05, 0) is 58.2 Å². The van der Waals surface area contributed by atoms with E-state index >= 15 is 0 Å². The van der Waals surface area contributed by atoms with Crippen LogP contribution in [0.25, 0.3) is 0 Å². The molecule has 0 aliphatic carbocycles. The molecule has 0 aliphatic heterocycles. The highest BCUT2D eigenvalue weighted by molar-refractivity contribution is 7.88. The van der Waals surface area contributed by atoms with Crippen LogP contribution in [0.4, 0.5) is 0 Å². The topological polar surface area (TPSA) is 53.1 Å². The van der Waals surface area contributed by atoms with Crippen molar-refractivity contribution >= 4 is 10.0 Å². The monoisotopic (exact) mass is 399 g/mol. The molecule has 0 saturated carbocycles. The van der Waals surface area contributed by atoms with Crippen LogP contribution in [0.1, 0.15) is 38.8 Å². The molecule has 0 radical (unpaired) electrons. The van der Waals surface area contributed by atoms with Crippen LogP contribution < -0.4 is 4.74 Å². The summed E-state index contributed by atoms with van der Waals surface area (Å²) in [5.74, 6) is 0.824. The maximum absolute atomic E-state index is 12.2. The first-order chi connectivity index (χ1) is 12.7. The van der Waals surface area contributed by atoms with Gasteiger partial charge in [0.25, 0.3) is 0 Å². The number of likely N-dealkylation sites (N-methyl/N-ethyl adjacent to an activating group) is 1. The zero-order valence-corrected chi connectivity index (χ0v) is 18.6. The van der Waals surface area contributed by atoms with Crippen LogP contribution in [0, 0.1) is 0 Å². The van der Waals surface area contributed by atoms with Crippen LogP contribution in [0.3, 0.4) is 0 Å². The Kier molecular flexibility index (Phi) is 10.3. The van der Waals surface area contributed by atoms with Crippen LogP contribution in [0.2, 0.25) is 0 Å². The van der Waals surface area contributed by atoms with Crippen molar-refractivity contribution in [2.45, 2.75) is 33.2 Å². The molecule has 0 heterocycles. The van der Waals surface area contributed by atoms with Gasteiger partial charge in [0.2, 0.25) is 10.0 Å². The Morgan fingerprint density at radius 3 is 2.07 bits per heavy atom. The van der Waals surface area contributed by atoms with E-state index < -0.39 is 10.0 Å². The summed E-state index contributed by atoms with van der Waals surface area (Å²) in [6.45, 7) is 11.3. The minimum atomic E-state index is -3.28. The van der Waals surface area contributed by atoms with Crippen LogP contribution in [0.5, 0.6) is 5.75 Å². The van der Waals surface area contributed by atoms with Gasteiger partial charge in [0.1, 0.15) is 5.75 Å². The van der Waals surface area contributed by atoms with Gasteiger partial charge >= 0.3 is 0 Å². The Morgan fingerprint density at radius 1 is 1.00 bits per heavy atom. The third-order valence-corrected chi connectivity index (χ3v) is 6.12. The van der Waals surface area contributed by atoms with Crippen molar-refractivity contribution in [3.05, 3.63) is 29.8 Å². The highest BCUT2D eigenvalue weighted by atomic mass is 32.2. The minimum absolute atomic E-state index is 0.211. The summed E-state index contributed by atoms with van der Waals surface area (Å²) < 4.78 is 31.7. The molecule has 0 amide bonds. The standard InChI is InChI=1S/C20H37N3O3S/c1-7-22(8-2)14-9-17-26-20-12-10-19(11-13-20)18(3)23(27(6,24)25)16-15-21(4)5/h10-13,18H,7-9,14-17H2,1-6H3. The Hall–Kier alpha value is -1.15. The first-order valence-electron chi connectivity index (χ1n) is 9.75. The van der Waals surface area contributed by atoms with Gasteiger partial charge < -0.3 is 14.5 Å². The fourth-order valence-corrected chi connectivity index (χ4v) is 4.08. The lowest BCUT2D eigenvalue weighted by Crippen LogP contribution is -2.37. The summed E-state index contributed by atoms with van der Waals surface area (Å²) in [7, 11) is 0.606. The van der Waals surface area contributed by atoms with Gasteiger partial charge in [-0.1, -0.05) is 26.0 Å². The molecule has 156 valence electrons. The van der Waals surface area contributed by atoms with Gasteiger partial charge in [-0.25, -0.2) is 8.42 Å². The van der Waals surface area contributed by atoms with Crippen molar-refractivity contribution < 1.29 is 13.2 Å². The second kappa shape index (κ2) is 11.6. The Bertz CT molecular complexity index is 628. The number of hydrogen-bond donors (Lipinski definition) is 0. The number of sulfonamides is 1. The van der Waals surface area contributed by atoms with Crippen molar-refractivity contribution in [2.24, 2.45) is 0 Å². The Balaban J connectivity index is 2.64. The van der Waals surface area contributed by atoms with Crippen LogP contribution >= 0.6 is 0 Å². The number of rotatable bonds is 13. The molecular weight excluding hydrogens is 362 g/mol. The quantitative estimate of drug-likeness (QED) is 0.477. The van der Waals surface area contributed by atoms with E-state index in [9.17, 15) is 8.42 Å². The van der Waals surface area contributed by atoms with Crippen LogP contribution in [-0.4, -0.2) is 82.2 Å². The van der Waals surface area contributed by atoms with E-state index in [-0.39, 0.29) is 6.04 Å². The van der Waals surface area contributed by atoms with Crippen molar-refractivity contribution in [1.29, 1.82) is 0 Å². The molecule has 27 heavy (non-hydrogen) atoms. The Morgan fingerprint density at radius 2 is 1.59 bits per heavy atom. The third kappa shape index (κ3) is 8.60. The predicted molar refractivity (Wildman–Crippen MR) is 113 cm³/mol.